The Morgan fingerprint density at radius 2 is 1.82 bits per heavy atom. The van der Waals surface area contributed by atoms with Gasteiger partial charge in [-0.3, -0.25) is 9.36 Å². The van der Waals surface area contributed by atoms with Crippen molar-refractivity contribution in [2.45, 2.75) is 32.2 Å². The van der Waals surface area contributed by atoms with E-state index in [1.54, 1.807) is 6.08 Å². The van der Waals surface area contributed by atoms with Crippen LogP contribution in [0.1, 0.15) is 17.0 Å². The summed E-state index contributed by atoms with van der Waals surface area (Å²) >= 11 is 2.72. The Kier molecular flexibility index (Phi) is 7.76. The highest BCUT2D eigenvalue weighted by molar-refractivity contribution is 7.99. The third-order valence-electron chi connectivity index (χ3n) is 4.92. The topological polar surface area (TPSA) is 81.9 Å². The number of rotatable bonds is 10. The molecule has 2 aromatic carbocycles. The van der Waals surface area contributed by atoms with E-state index in [9.17, 15) is 4.79 Å². The fourth-order valence-corrected chi connectivity index (χ4v) is 4.60. The van der Waals surface area contributed by atoms with Gasteiger partial charge in [-0.1, -0.05) is 65.4 Å². The highest BCUT2D eigenvalue weighted by atomic mass is 32.2. The molecule has 0 saturated heterocycles. The van der Waals surface area contributed by atoms with E-state index >= 15 is 0 Å². The van der Waals surface area contributed by atoms with Crippen molar-refractivity contribution >= 4 is 34.1 Å². The molecule has 34 heavy (non-hydrogen) atoms. The van der Waals surface area contributed by atoms with E-state index in [0.29, 0.717) is 22.7 Å². The van der Waals surface area contributed by atoms with E-state index in [0.717, 1.165) is 17.0 Å². The van der Waals surface area contributed by atoms with E-state index in [1.807, 2.05) is 72.3 Å². The number of nitrogens with zero attached hydrogens (tertiary/aromatic N) is 4. The number of nitrogens with one attached hydrogen (secondary N) is 1. The summed E-state index contributed by atoms with van der Waals surface area (Å²) in [5, 5.41) is 14.5. The van der Waals surface area contributed by atoms with Crippen molar-refractivity contribution in [3.8, 4) is 17.0 Å². The molecule has 9 heteroatoms. The number of amides is 1. The number of carbonyl (C=O) groups excluding carboxylic acids is 1. The van der Waals surface area contributed by atoms with Crippen LogP contribution in [0, 0.1) is 13.8 Å². The SMILES string of the molecule is C=CCn1c(COc2ccc(C)cc2)nnc1SCC(=O)Nc1nc(-c2ccc(C)cc2)cs1. The van der Waals surface area contributed by atoms with Gasteiger partial charge < -0.3 is 10.1 Å². The van der Waals surface area contributed by atoms with Crippen LogP contribution in [0.15, 0.2) is 71.7 Å². The quantitative estimate of drug-likeness (QED) is 0.233. The lowest BCUT2D eigenvalue weighted by atomic mass is 10.1. The molecule has 0 atom stereocenters. The second kappa shape index (κ2) is 11.1. The van der Waals surface area contributed by atoms with Crippen LogP contribution in [0.25, 0.3) is 11.3 Å². The molecule has 2 aromatic heterocycles. The fourth-order valence-electron chi connectivity index (χ4n) is 3.10. The van der Waals surface area contributed by atoms with Gasteiger partial charge in [0.05, 0.1) is 11.4 Å². The smallest absolute Gasteiger partial charge is 0.236 e. The van der Waals surface area contributed by atoms with Gasteiger partial charge in [0, 0.05) is 17.5 Å². The van der Waals surface area contributed by atoms with Crippen molar-refractivity contribution in [2.24, 2.45) is 0 Å². The van der Waals surface area contributed by atoms with E-state index < -0.39 is 0 Å². The number of hydrogen-bond acceptors (Lipinski definition) is 7. The van der Waals surface area contributed by atoms with E-state index in [4.69, 9.17) is 4.74 Å². The van der Waals surface area contributed by atoms with Gasteiger partial charge in [0.2, 0.25) is 5.91 Å². The number of ether oxygens (including phenoxy) is 1. The minimum Gasteiger partial charge on any atom is -0.486 e. The Labute approximate surface area is 206 Å². The molecule has 4 rings (SSSR count). The Morgan fingerprint density at radius 1 is 1.12 bits per heavy atom. The van der Waals surface area contributed by atoms with Crippen molar-refractivity contribution in [1.29, 1.82) is 0 Å². The van der Waals surface area contributed by atoms with Gasteiger partial charge >= 0.3 is 0 Å². The maximum atomic E-state index is 12.5. The first-order chi connectivity index (χ1) is 16.5. The Balaban J connectivity index is 1.34. The van der Waals surface area contributed by atoms with Gasteiger partial charge in [-0.15, -0.1) is 28.1 Å². The molecule has 0 spiro atoms. The molecule has 0 bridgehead atoms. The predicted molar refractivity (Wildman–Crippen MR) is 137 cm³/mol. The molecule has 0 aliphatic heterocycles. The zero-order valence-corrected chi connectivity index (χ0v) is 20.7. The van der Waals surface area contributed by atoms with Crippen LogP contribution in [0.2, 0.25) is 0 Å². The third kappa shape index (κ3) is 6.12. The molecule has 7 nitrogen and oxygen atoms in total. The standard InChI is InChI=1S/C25H25N5O2S2/c1-4-13-30-22(14-32-20-11-7-18(3)8-12-20)28-29-25(30)34-16-23(31)27-24-26-21(15-33-24)19-9-5-17(2)6-10-19/h4-12,15H,1,13-14,16H2,2-3H3,(H,26,27,31). The second-order valence-corrected chi connectivity index (χ2v) is 9.44. The van der Waals surface area contributed by atoms with Gasteiger partial charge in [0.25, 0.3) is 0 Å². The van der Waals surface area contributed by atoms with E-state index in [-0.39, 0.29) is 18.3 Å². The minimum atomic E-state index is -0.152. The Morgan fingerprint density at radius 3 is 2.53 bits per heavy atom. The lowest BCUT2D eigenvalue weighted by molar-refractivity contribution is -0.113. The number of allylic oxidation sites excluding steroid dienone is 1. The van der Waals surface area contributed by atoms with Crippen molar-refractivity contribution in [1.82, 2.24) is 19.7 Å². The van der Waals surface area contributed by atoms with Crippen molar-refractivity contribution in [3.63, 3.8) is 0 Å². The van der Waals surface area contributed by atoms with Gasteiger partial charge in [0.1, 0.15) is 12.4 Å². The lowest BCUT2D eigenvalue weighted by Gasteiger charge is -2.09. The number of thioether (sulfide) groups is 1. The van der Waals surface area contributed by atoms with Crippen LogP contribution in [0.5, 0.6) is 5.75 Å². The summed E-state index contributed by atoms with van der Waals surface area (Å²) in [6.07, 6.45) is 1.77. The van der Waals surface area contributed by atoms with Crippen LogP contribution in [-0.2, 0) is 17.9 Å². The van der Waals surface area contributed by atoms with Crippen LogP contribution in [-0.4, -0.2) is 31.4 Å². The van der Waals surface area contributed by atoms with Crippen LogP contribution >= 0.6 is 23.1 Å². The molecule has 2 heterocycles. The molecule has 0 aliphatic carbocycles. The molecule has 0 unspecified atom stereocenters. The molecule has 0 saturated carbocycles. The molecule has 0 aliphatic rings. The highest BCUT2D eigenvalue weighted by Crippen LogP contribution is 2.26. The van der Waals surface area contributed by atoms with Crippen LogP contribution in [0.4, 0.5) is 5.13 Å². The molecule has 1 N–H and O–H groups in total. The van der Waals surface area contributed by atoms with E-state index in [1.165, 1.54) is 34.2 Å². The van der Waals surface area contributed by atoms with Crippen LogP contribution in [0.3, 0.4) is 0 Å². The predicted octanol–water partition coefficient (Wildman–Crippen LogP) is 5.51. The Hall–Kier alpha value is -3.43. The number of aromatic nitrogens is 4. The van der Waals surface area contributed by atoms with Crippen molar-refractivity contribution < 1.29 is 9.53 Å². The minimum absolute atomic E-state index is 0.152. The normalized spacial score (nSPS) is 10.8. The highest BCUT2D eigenvalue weighted by Gasteiger charge is 2.15. The number of carbonyl (C=O) groups is 1. The second-order valence-electron chi connectivity index (χ2n) is 7.64. The molecule has 174 valence electrons. The largest absolute Gasteiger partial charge is 0.486 e. The van der Waals surface area contributed by atoms with Gasteiger partial charge in [-0.2, -0.15) is 0 Å². The summed E-state index contributed by atoms with van der Waals surface area (Å²) in [5.74, 6) is 1.47. The number of anilines is 1. The first-order valence-electron chi connectivity index (χ1n) is 10.7. The molecule has 0 fully saturated rings. The Bertz CT molecular complexity index is 1260. The lowest BCUT2D eigenvalue weighted by Crippen LogP contribution is -2.15. The summed E-state index contributed by atoms with van der Waals surface area (Å²) in [5.41, 5.74) is 4.23. The fraction of sp³-hybridized carbons (Fsp3) is 0.200. The van der Waals surface area contributed by atoms with E-state index in [2.05, 4.69) is 27.1 Å². The number of thiazole rings is 1. The average molecular weight is 492 g/mol. The molecular formula is C25H25N5O2S2. The first kappa shape index (κ1) is 23.7. The average Bonchev–Trinajstić information content (AvgIpc) is 3.45. The number of hydrogen-bond donors (Lipinski definition) is 1. The monoisotopic (exact) mass is 491 g/mol. The van der Waals surface area contributed by atoms with Gasteiger partial charge in [0.15, 0.2) is 16.1 Å². The summed E-state index contributed by atoms with van der Waals surface area (Å²) in [7, 11) is 0. The molecular weight excluding hydrogens is 466 g/mol. The van der Waals surface area contributed by atoms with Crippen LogP contribution < -0.4 is 10.1 Å². The molecule has 4 aromatic rings. The van der Waals surface area contributed by atoms with Gasteiger partial charge in [-0.05, 0) is 26.0 Å². The number of aryl methyl sites for hydroxylation is 2. The first-order valence-corrected chi connectivity index (χ1v) is 12.6. The summed E-state index contributed by atoms with van der Waals surface area (Å²) in [4.78, 5) is 17.1. The number of benzene rings is 2. The summed E-state index contributed by atoms with van der Waals surface area (Å²) < 4.78 is 7.75. The molecule has 1 amide bonds. The molecule has 0 radical (unpaired) electrons. The summed E-state index contributed by atoms with van der Waals surface area (Å²) in [6, 6.07) is 16.0. The zero-order chi connectivity index (χ0) is 23.9. The zero-order valence-electron chi connectivity index (χ0n) is 19.0. The van der Waals surface area contributed by atoms with Gasteiger partial charge in [-0.25, -0.2) is 4.98 Å². The maximum absolute atomic E-state index is 12.5. The van der Waals surface area contributed by atoms with Crippen molar-refractivity contribution in [2.75, 3.05) is 11.1 Å². The summed E-state index contributed by atoms with van der Waals surface area (Å²) in [6.45, 7) is 8.69. The maximum Gasteiger partial charge on any atom is 0.236 e. The van der Waals surface area contributed by atoms with Crippen molar-refractivity contribution in [3.05, 3.63) is 83.5 Å². The third-order valence-corrected chi connectivity index (χ3v) is 6.65.